The SMILES string of the molecule is N#CC1CCCCC1Nc1ccccc1OC(F)(F)F. The van der Waals surface area contributed by atoms with Gasteiger partial charge in [0, 0.05) is 6.04 Å². The molecule has 1 aliphatic carbocycles. The first-order chi connectivity index (χ1) is 9.49. The van der Waals surface area contributed by atoms with Gasteiger partial charge in [-0.15, -0.1) is 13.2 Å². The van der Waals surface area contributed by atoms with E-state index in [0.29, 0.717) is 0 Å². The summed E-state index contributed by atoms with van der Waals surface area (Å²) < 4.78 is 41.0. The number of hydrogen-bond acceptors (Lipinski definition) is 3. The minimum atomic E-state index is -4.72. The van der Waals surface area contributed by atoms with Gasteiger partial charge in [-0.1, -0.05) is 25.0 Å². The molecule has 0 aromatic heterocycles. The number of hydrogen-bond donors (Lipinski definition) is 1. The lowest BCUT2D eigenvalue weighted by molar-refractivity contribution is -0.274. The zero-order valence-corrected chi connectivity index (χ0v) is 10.8. The molecule has 1 saturated carbocycles. The highest BCUT2D eigenvalue weighted by atomic mass is 19.4. The Morgan fingerprint density at radius 2 is 1.90 bits per heavy atom. The van der Waals surface area contributed by atoms with Crippen LogP contribution in [0.4, 0.5) is 18.9 Å². The van der Waals surface area contributed by atoms with E-state index < -0.39 is 6.36 Å². The maximum atomic E-state index is 12.3. The van der Waals surface area contributed by atoms with Crippen LogP contribution in [0.1, 0.15) is 25.7 Å². The number of halogens is 3. The highest BCUT2D eigenvalue weighted by Crippen LogP contribution is 2.33. The minimum Gasteiger partial charge on any atom is -0.404 e. The number of anilines is 1. The normalized spacial score (nSPS) is 22.9. The number of ether oxygens (including phenoxy) is 1. The summed E-state index contributed by atoms with van der Waals surface area (Å²) >= 11 is 0. The van der Waals surface area contributed by atoms with Crippen molar-refractivity contribution in [3.63, 3.8) is 0 Å². The molecule has 1 aromatic carbocycles. The molecule has 1 N–H and O–H groups in total. The van der Waals surface area contributed by atoms with Crippen molar-refractivity contribution >= 4 is 5.69 Å². The zero-order valence-electron chi connectivity index (χ0n) is 10.8. The fraction of sp³-hybridized carbons (Fsp3) is 0.500. The summed E-state index contributed by atoms with van der Waals surface area (Å²) in [6.07, 6.45) is -1.22. The molecular weight excluding hydrogens is 269 g/mol. The largest absolute Gasteiger partial charge is 0.573 e. The molecular formula is C14H15F3N2O. The van der Waals surface area contributed by atoms with E-state index in [0.717, 1.165) is 25.7 Å². The smallest absolute Gasteiger partial charge is 0.404 e. The van der Waals surface area contributed by atoms with E-state index in [2.05, 4.69) is 16.1 Å². The maximum absolute atomic E-state index is 12.3. The molecule has 6 heteroatoms. The van der Waals surface area contributed by atoms with Crippen LogP contribution in [0.2, 0.25) is 0 Å². The number of nitriles is 1. The third-order valence-electron chi connectivity index (χ3n) is 3.39. The lowest BCUT2D eigenvalue weighted by Crippen LogP contribution is -2.31. The molecule has 1 fully saturated rings. The Bertz CT molecular complexity index is 496. The fourth-order valence-electron chi connectivity index (χ4n) is 2.46. The van der Waals surface area contributed by atoms with Gasteiger partial charge in [-0.25, -0.2) is 0 Å². The number of nitrogens with one attached hydrogen (secondary N) is 1. The lowest BCUT2D eigenvalue weighted by Gasteiger charge is -2.29. The molecule has 0 bridgehead atoms. The molecule has 0 amide bonds. The molecule has 3 nitrogen and oxygen atoms in total. The Kier molecular flexibility index (Phi) is 4.38. The van der Waals surface area contributed by atoms with Gasteiger partial charge in [-0.05, 0) is 25.0 Å². The Hall–Kier alpha value is -1.90. The van der Waals surface area contributed by atoms with Crippen LogP contribution >= 0.6 is 0 Å². The lowest BCUT2D eigenvalue weighted by atomic mass is 9.85. The van der Waals surface area contributed by atoms with Gasteiger partial charge in [0.15, 0.2) is 5.75 Å². The summed E-state index contributed by atoms with van der Waals surface area (Å²) in [6.45, 7) is 0. The second-order valence-electron chi connectivity index (χ2n) is 4.81. The topological polar surface area (TPSA) is 45.0 Å². The molecule has 0 radical (unpaired) electrons. The van der Waals surface area contributed by atoms with E-state index in [1.807, 2.05) is 0 Å². The molecule has 108 valence electrons. The van der Waals surface area contributed by atoms with Crippen molar-refractivity contribution in [1.82, 2.24) is 0 Å². The van der Waals surface area contributed by atoms with Crippen molar-refractivity contribution in [3.05, 3.63) is 24.3 Å². The molecule has 0 saturated heterocycles. The standard InChI is InChI=1S/C14H15F3N2O/c15-14(16,17)20-13-8-4-3-7-12(13)19-11-6-2-1-5-10(11)9-18/h3-4,7-8,10-11,19H,1-2,5-6H2. The minimum absolute atomic E-state index is 0.133. The van der Waals surface area contributed by atoms with Crippen molar-refractivity contribution < 1.29 is 17.9 Å². The van der Waals surface area contributed by atoms with Crippen molar-refractivity contribution in [1.29, 1.82) is 5.26 Å². The quantitative estimate of drug-likeness (QED) is 0.909. The van der Waals surface area contributed by atoms with E-state index >= 15 is 0 Å². The van der Waals surface area contributed by atoms with Crippen LogP contribution < -0.4 is 10.1 Å². The third kappa shape index (κ3) is 3.80. The van der Waals surface area contributed by atoms with Crippen LogP contribution in [-0.2, 0) is 0 Å². The summed E-state index contributed by atoms with van der Waals surface area (Å²) in [7, 11) is 0. The average Bonchev–Trinajstić information content (AvgIpc) is 2.40. The Morgan fingerprint density at radius 3 is 2.60 bits per heavy atom. The highest BCUT2D eigenvalue weighted by molar-refractivity contribution is 5.57. The van der Waals surface area contributed by atoms with E-state index in [4.69, 9.17) is 5.26 Å². The number of rotatable bonds is 3. The van der Waals surface area contributed by atoms with Crippen molar-refractivity contribution in [2.24, 2.45) is 5.92 Å². The second-order valence-corrected chi connectivity index (χ2v) is 4.81. The molecule has 2 rings (SSSR count). The first kappa shape index (κ1) is 14.5. The summed E-state index contributed by atoms with van der Waals surface area (Å²) in [6, 6.07) is 8.00. The summed E-state index contributed by atoms with van der Waals surface area (Å²) in [5.74, 6) is -0.440. The number of benzene rings is 1. The van der Waals surface area contributed by atoms with Gasteiger partial charge < -0.3 is 10.1 Å². The van der Waals surface area contributed by atoms with Gasteiger partial charge in [-0.3, -0.25) is 0 Å². The molecule has 1 aliphatic rings. The van der Waals surface area contributed by atoms with E-state index in [9.17, 15) is 13.2 Å². The Labute approximate surface area is 115 Å². The predicted octanol–water partition coefficient (Wildman–Crippen LogP) is 4.08. The highest BCUT2D eigenvalue weighted by Gasteiger charge is 2.33. The van der Waals surface area contributed by atoms with Crippen molar-refractivity contribution in [3.8, 4) is 11.8 Å². The number of nitrogens with zero attached hydrogens (tertiary/aromatic N) is 1. The fourth-order valence-corrected chi connectivity index (χ4v) is 2.46. The summed E-state index contributed by atoms with van der Waals surface area (Å²) in [4.78, 5) is 0. The molecule has 1 aromatic rings. The molecule has 2 atom stereocenters. The molecule has 0 heterocycles. The van der Waals surface area contributed by atoms with Gasteiger partial charge >= 0.3 is 6.36 Å². The first-order valence-electron chi connectivity index (χ1n) is 6.50. The predicted molar refractivity (Wildman–Crippen MR) is 68.1 cm³/mol. The van der Waals surface area contributed by atoms with Crippen LogP contribution in [0.15, 0.2) is 24.3 Å². The second kappa shape index (κ2) is 6.04. The summed E-state index contributed by atoms with van der Waals surface area (Å²) in [5.41, 5.74) is 0.275. The first-order valence-corrected chi connectivity index (χ1v) is 6.50. The Morgan fingerprint density at radius 1 is 1.20 bits per heavy atom. The summed E-state index contributed by atoms with van der Waals surface area (Å²) in [5, 5.41) is 12.1. The van der Waals surface area contributed by atoms with Crippen LogP contribution in [0.5, 0.6) is 5.75 Å². The molecule has 20 heavy (non-hydrogen) atoms. The van der Waals surface area contributed by atoms with Crippen LogP contribution in [-0.4, -0.2) is 12.4 Å². The van der Waals surface area contributed by atoms with Gasteiger partial charge in [0.25, 0.3) is 0 Å². The number of para-hydroxylation sites is 2. The van der Waals surface area contributed by atoms with E-state index in [1.165, 1.54) is 18.2 Å². The van der Waals surface area contributed by atoms with Crippen molar-refractivity contribution in [2.45, 2.75) is 38.1 Å². The van der Waals surface area contributed by atoms with Crippen LogP contribution in [0.25, 0.3) is 0 Å². The Balaban J connectivity index is 2.14. The average molecular weight is 284 g/mol. The third-order valence-corrected chi connectivity index (χ3v) is 3.39. The molecule has 2 unspecified atom stereocenters. The maximum Gasteiger partial charge on any atom is 0.573 e. The monoisotopic (exact) mass is 284 g/mol. The zero-order chi connectivity index (χ0) is 14.6. The van der Waals surface area contributed by atoms with E-state index in [1.54, 1.807) is 6.07 Å². The van der Waals surface area contributed by atoms with Crippen LogP contribution in [0, 0.1) is 17.2 Å². The van der Waals surface area contributed by atoms with Gasteiger partial charge in [0.2, 0.25) is 0 Å². The van der Waals surface area contributed by atoms with Gasteiger partial charge in [0.1, 0.15) is 0 Å². The van der Waals surface area contributed by atoms with Gasteiger partial charge in [0.05, 0.1) is 17.7 Å². The van der Waals surface area contributed by atoms with Gasteiger partial charge in [-0.2, -0.15) is 5.26 Å². The number of alkyl halides is 3. The van der Waals surface area contributed by atoms with E-state index in [-0.39, 0.29) is 23.4 Å². The molecule has 0 spiro atoms. The molecule has 0 aliphatic heterocycles. The van der Waals surface area contributed by atoms with Crippen molar-refractivity contribution in [2.75, 3.05) is 5.32 Å². The van der Waals surface area contributed by atoms with Crippen LogP contribution in [0.3, 0.4) is 0 Å².